The van der Waals surface area contributed by atoms with Crippen molar-refractivity contribution in [3.8, 4) is 0 Å². The van der Waals surface area contributed by atoms with Gasteiger partial charge in [0.2, 0.25) is 5.91 Å². The van der Waals surface area contributed by atoms with Crippen molar-refractivity contribution in [1.29, 1.82) is 0 Å². The molecule has 0 aliphatic carbocycles. The summed E-state index contributed by atoms with van der Waals surface area (Å²) in [7, 11) is 0. The van der Waals surface area contributed by atoms with Gasteiger partial charge in [0.25, 0.3) is 0 Å². The van der Waals surface area contributed by atoms with Crippen molar-refractivity contribution in [2.75, 3.05) is 46.1 Å². The van der Waals surface area contributed by atoms with Gasteiger partial charge in [-0.15, -0.1) is 0 Å². The third-order valence-electron chi connectivity index (χ3n) is 4.66. The van der Waals surface area contributed by atoms with Crippen LogP contribution in [0, 0.1) is 5.92 Å². The van der Waals surface area contributed by atoms with Crippen LogP contribution in [-0.2, 0) is 14.3 Å². The molecule has 0 saturated carbocycles. The lowest BCUT2D eigenvalue weighted by atomic mass is 9.94. The quantitative estimate of drug-likeness (QED) is 0.866. The molecule has 2 saturated heterocycles. The van der Waals surface area contributed by atoms with Crippen molar-refractivity contribution in [3.63, 3.8) is 0 Å². The zero-order chi connectivity index (χ0) is 15.9. The number of rotatable bonds is 6. The summed E-state index contributed by atoms with van der Waals surface area (Å²) < 4.78 is 10.8. The fourth-order valence-electron chi connectivity index (χ4n) is 3.26. The van der Waals surface area contributed by atoms with Gasteiger partial charge in [0.05, 0.1) is 19.8 Å². The number of carbonyl (C=O) groups is 1. The van der Waals surface area contributed by atoms with E-state index >= 15 is 0 Å². The Balaban J connectivity index is 1.57. The van der Waals surface area contributed by atoms with Crippen molar-refractivity contribution in [1.82, 2.24) is 10.2 Å². The van der Waals surface area contributed by atoms with Crippen LogP contribution in [0.5, 0.6) is 0 Å². The summed E-state index contributed by atoms with van der Waals surface area (Å²) in [6, 6.07) is 10.6. The molecule has 2 atom stereocenters. The van der Waals surface area contributed by atoms with Crippen molar-refractivity contribution in [2.45, 2.75) is 18.9 Å². The predicted molar refractivity (Wildman–Crippen MR) is 88.1 cm³/mol. The Bertz CT molecular complexity index is 482. The van der Waals surface area contributed by atoms with Crippen molar-refractivity contribution in [2.24, 2.45) is 5.92 Å². The topological polar surface area (TPSA) is 50.8 Å². The number of carbonyl (C=O) groups excluding carboxylic acids is 1. The monoisotopic (exact) mass is 318 g/mol. The Kier molecular flexibility index (Phi) is 6.02. The molecule has 1 aromatic carbocycles. The van der Waals surface area contributed by atoms with E-state index < -0.39 is 0 Å². The van der Waals surface area contributed by atoms with Crippen LogP contribution in [0.2, 0.25) is 0 Å². The zero-order valence-electron chi connectivity index (χ0n) is 13.6. The molecule has 2 heterocycles. The summed E-state index contributed by atoms with van der Waals surface area (Å²) in [5.74, 6) is 0.739. The van der Waals surface area contributed by atoms with Gasteiger partial charge in [-0.2, -0.15) is 0 Å². The fraction of sp³-hybridized carbons (Fsp3) is 0.611. The molecule has 2 fully saturated rings. The van der Waals surface area contributed by atoms with Crippen molar-refractivity contribution >= 4 is 5.91 Å². The molecular weight excluding hydrogens is 292 g/mol. The number of benzene rings is 1. The molecule has 1 amide bonds. The molecule has 0 spiro atoms. The van der Waals surface area contributed by atoms with Crippen LogP contribution in [0.15, 0.2) is 30.3 Å². The first-order valence-electron chi connectivity index (χ1n) is 8.54. The zero-order valence-corrected chi connectivity index (χ0v) is 13.6. The first-order chi connectivity index (χ1) is 11.3. The number of nitrogens with one attached hydrogen (secondary N) is 1. The van der Waals surface area contributed by atoms with E-state index in [1.165, 1.54) is 5.56 Å². The van der Waals surface area contributed by atoms with Gasteiger partial charge in [-0.3, -0.25) is 4.79 Å². The highest BCUT2D eigenvalue weighted by atomic mass is 16.5. The summed E-state index contributed by atoms with van der Waals surface area (Å²) >= 11 is 0. The van der Waals surface area contributed by atoms with Crippen LogP contribution < -0.4 is 5.32 Å². The number of hydrogen-bond donors (Lipinski definition) is 1. The number of morpholine rings is 1. The predicted octanol–water partition coefficient (Wildman–Crippen LogP) is 1.60. The Hall–Kier alpha value is -1.43. The second-order valence-electron chi connectivity index (χ2n) is 6.30. The molecule has 23 heavy (non-hydrogen) atoms. The molecule has 2 aliphatic heterocycles. The molecule has 1 N–H and O–H groups in total. The van der Waals surface area contributed by atoms with Gasteiger partial charge in [0.15, 0.2) is 0 Å². The molecule has 126 valence electrons. The molecule has 1 aromatic rings. The van der Waals surface area contributed by atoms with E-state index in [-0.39, 0.29) is 11.9 Å². The van der Waals surface area contributed by atoms with Gasteiger partial charge >= 0.3 is 0 Å². The van der Waals surface area contributed by atoms with E-state index in [9.17, 15) is 4.79 Å². The second kappa shape index (κ2) is 8.43. The molecule has 0 radical (unpaired) electrons. The van der Waals surface area contributed by atoms with Crippen molar-refractivity contribution < 1.29 is 14.3 Å². The minimum Gasteiger partial charge on any atom is -0.381 e. The van der Waals surface area contributed by atoms with Gasteiger partial charge < -0.3 is 19.7 Å². The minimum atomic E-state index is 0.164. The highest BCUT2D eigenvalue weighted by Gasteiger charge is 2.23. The summed E-state index contributed by atoms with van der Waals surface area (Å²) in [5, 5.41) is 3.47. The maximum atomic E-state index is 12.4. The van der Waals surface area contributed by atoms with Crippen LogP contribution in [0.3, 0.4) is 0 Å². The van der Waals surface area contributed by atoms with Gasteiger partial charge in [-0.25, -0.2) is 0 Å². The summed E-state index contributed by atoms with van der Waals surface area (Å²) in [4.78, 5) is 14.2. The maximum Gasteiger partial charge on any atom is 0.236 e. The lowest BCUT2D eigenvalue weighted by Gasteiger charge is -2.28. The van der Waals surface area contributed by atoms with Crippen LogP contribution in [0.25, 0.3) is 0 Å². The van der Waals surface area contributed by atoms with Crippen LogP contribution in [-0.4, -0.2) is 56.9 Å². The Labute approximate surface area is 137 Å². The lowest BCUT2D eigenvalue weighted by molar-refractivity contribution is -0.134. The molecule has 0 aromatic heterocycles. The third-order valence-corrected chi connectivity index (χ3v) is 4.66. The Morgan fingerprint density at radius 1 is 1.17 bits per heavy atom. The molecule has 0 unspecified atom stereocenters. The smallest absolute Gasteiger partial charge is 0.236 e. The first kappa shape index (κ1) is 16.4. The second-order valence-corrected chi connectivity index (χ2v) is 6.30. The molecular formula is C18H26N2O3. The Morgan fingerprint density at radius 3 is 2.65 bits per heavy atom. The summed E-state index contributed by atoms with van der Waals surface area (Å²) in [6.07, 6.45) is 2.13. The number of hydrogen-bond acceptors (Lipinski definition) is 4. The number of nitrogens with zero attached hydrogens (tertiary/aromatic N) is 1. The van der Waals surface area contributed by atoms with Crippen LogP contribution in [0.1, 0.15) is 24.4 Å². The SMILES string of the molecule is O=C(CN[C@H](C[C@H]1CCOC1)c1ccccc1)N1CCOCC1. The van der Waals surface area contributed by atoms with E-state index in [4.69, 9.17) is 9.47 Å². The maximum absolute atomic E-state index is 12.4. The molecule has 5 nitrogen and oxygen atoms in total. The minimum absolute atomic E-state index is 0.164. The lowest BCUT2D eigenvalue weighted by Crippen LogP contribution is -2.45. The van der Waals surface area contributed by atoms with E-state index in [0.29, 0.717) is 38.8 Å². The van der Waals surface area contributed by atoms with Crippen LogP contribution in [0.4, 0.5) is 0 Å². The normalized spacial score (nSPS) is 23.0. The van der Waals surface area contributed by atoms with E-state index in [1.54, 1.807) is 0 Å². The average molecular weight is 318 g/mol. The standard InChI is InChI=1S/C18H26N2O3/c21-18(20-7-10-22-11-8-20)13-19-17(12-15-6-9-23-14-15)16-4-2-1-3-5-16/h1-5,15,17,19H,6-14H2/t15-,17-/m1/s1. The largest absolute Gasteiger partial charge is 0.381 e. The highest BCUT2D eigenvalue weighted by molar-refractivity contribution is 5.78. The highest BCUT2D eigenvalue weighted by Crippen LogP contribution is 2.26. The average Bonchev–Trinajstić information content (AvgIpc) is 3.13. The van der Waals surface area contributed by atoms with E-state index in [1.807, 2.05) is 11.0 Å². The van der Waals surface area contributed by atoms with Crippen molar-refractivity contribution in [3.05, 3.63) is 35.9 Å². The van der Waals surface area contributed by atoms with Gasteiger partial charge in [-0.1, -0.05) is 30.3 Å². The van der Waals surface area contributed by atoms with Gasteiger partial charge in [-0.05, 0) is 24.3 Å². The van der Waals surface area contributed by atoms with Gasteiger partial charge in [0.1, 0.15) is 0 Å². The first-order valence-corrected chi connectivity index (χ1v) is 8.54. The van der Waals surface area contributed by atoms with Gasteiger partial charge in [0, 0.05) is 32.3 Å². The van der Waals surface area contributed by atoms with E-state index in [2.05, 4.69) is 29.6 Å². The summed E-state index contributed by atoms with van der Waals surface area (Å²) in [6.45, 7) is 4.77. The number of ether oxygens (including phenoxy) is 2. The third kappa shape index (κ3) is 4.77. The molecule has 3 rings (SSSR count). The molecule has 2 aliphatic rings. The summed E-state index contributed by atoms with van der Waals surface area (Å²) in [5.41, 5.74) is 1.24. The Morgan fingerprint density at radius 2 is 1.96 bits per heavy atom. The van der Waals surface area contributed by atoms with E-state index in [0.717, 1.165) is 26.1 Å². The fourth-order valence-corrected chi connectivity index (χ4v) is 3.26. The number of amides is 1. The molecule has 0 bridgehead atoms. The molecule has 5 heteroatoms. The van der Waals surface area contributed by atoms with Crippen LogP contribution >= 0.6 is 0 Å².